The van der Waals surface area contributed by atoms with Crippen molar-refractivity contribution in [3.63, 3.8) is 0 Å². The zero-order chi connectivity index (χ0) is 16.9. The van der Waals surface area contributed by atoms with Crippen LogP contribution in [0.2, 0.25) is 0 Å². The van der Waals surface area contributed by atoms with Gasteiger partial charge in [0, 0.05) is 13.1 Å². The lowest BCUT2D eigenvalue weighted by Crippen LogP contribution is -2.21. The van der Waals surface area contributed by atoms with E-state index in [2.05, 4.69) is 11.6 Å². The third kappa shape index (κ3) is 3.47. The molecular weight excluding hydrogens is 342 g/mol. The number of hydrogen-bond donors (Lipinski definition) is 0. The third-order valence-corrected chi connectivity index (χ3v) is 4.94. The number of fused-ring (bicyclic) bond motifs is 1. The molecule has 0 saturated carbocycles. The van der Waals surface area contributed by atoms with Crippen molar-refractivity contribution in [1.82, 2.24) is 14.1 Å². The van der Waals surface area contributed by atoms with Crippen molar-refractivity contribution in [2.45, 2.75) is 19.5 Å². The minimum Gasteiger partial charge on any atom is -0.494 e. The van der Waals surface area contributed by atoms with Crippen LogP contribution in [-0.2, 0) is 13.1 Å². The van der Waals surface area contributed by atoms with Crippen LogP contribution in [0.5, 0.6) is 5.75 Å². The van der Waals surface area contributed by atoms with E-state index in [1.54, 1.807) is 17.0 Å². The van der Waals surface area contributed by atoms with E-state index in [-0.39, 0.29) is 5.56 Å². The standard InChI is InChI=1S/C17H17N3O2S2/c1-2-9-20-15-14(24-17(20)23)16(21)19(12-18-15)10-6-11-22-13-7-4-3-5-8-13/h2-5,7-8,12H,1,6,9-11H2. The minimum absolute atomic E-state index is 0.0568. The summed E-state index contributed by atoms with van der Waals surface area (Å²) in [5, 5.41) is 0. The number of hydrogen-bond acceptors (Lipinski definition) is 5. The molecule has 3 rings (SSSR count). The molecule has 24 heavy (non-hydrogen) atoms. The number of aryl methyl sites for hydroxylation is 1. The van der Waals surface area contributed by atoms with E-state index in [1.807, 2.05) is 34.9 Å². The Morgan fingerprint density at radius 1 is 1.33 bits per heavy atom. The second-order valence-corrected chi connectivity index (χ2v) is 6.82. The third-order valence-electron chi connectivity index (χ3n) is 3.51. The van der Waals surface area contributed by atoms with Gasteiger partial charge in [0.05, 0.1) is 12.9 Å². The molecule has 0 radical (unpaired) electrons. The van der Waals surface area contributed by atoms with E-state index in [4.69, 9.17) is 17.0 Å². The van der Waals surface area contributed by atoms with Gasteiger partial charge in [-0.15, -0.1) is 6.58 Å². The summed E-state index contributed by atoms with van der Waals surface area (Å²) in [6, 6.07) is 9.63. The molecule has 5 nitrogen and oxygen atoms in total. The molecule has 2 heterocycles. The molecular formula is C17H17N3O2S2. The molecule has 0 aliphatic carbocycles. The molecule has 1 aromatic carbocycles. The Morgan fingerprint density at radius 3 is 2.88 bits per heavy atom. The number of ether oxygens (including phenoxy) is 1. The quantitative estimate of drug-likeness (QED) is 0.367. The predicted molar refractivity (Wildman–Crippen MR) is 99.5 cm³/mol. The fourth-order valence-electron chi connectivity index (χ4n) is 2.36. The van der Waals surface area contributed by atoms with Crippen LogP contribution in [0, 0.1) is 3.95 Å². The Balaban J connectivity index is 1.71. The first kappa shape index (κ1) is 16.6. The zero-order valence-electron chi connectivity index (χ0n) is 13.1. The van der Waals surface area contributed by atoms with Gasteiger partial charge < -0.3 is 9.30 Å². The first-order valence-electron chi connectivity index (χ1n) is 7.58. The Hall–Kier alpha value is -2.25. The largest absolute Gasteiger partial charge is 0.494 e. The molecule has 0 amide bonds. The lowest BCUT2D eigenvalue weighted by molar-refractivity contribution is 0.301. The zero-order valence-corrected chi connectivity index (χ0v) is 14.7. The van der Waals surface area contributed by atoms with Crippen LogP contribution in [0.1, 0.15) is 6.42 Å². The molecule has 0 N–H and O–H groups in total. The molecule has 3 aromatic rings. The second kappa shape index (κ2) is 7.55. The van der Waals surface area contributed by atoms with Crippen LogP contribution in [0.25, 0.3) is 10.3 Å². The van der Waals surface area contributed by atoms with Crippen molar-refractivity contribution in [2.75, 3.05) is 6.61 Å². The molecule has 7 heteroatoms. The lowest BCUT2D eigenvalue weighted by atomic mass is 10.3. The summed E-state index contributed by atoms with van der Waals surface area (Å²) in [4.78, 5) is 17.0. The van der Waals surface area contributed by atoms with Gasteiger partial charge in [0.15, 0.2) is 9.60 Å². The van der Waals surface area contributed by atoms with E-state index in [0.717, 1.165) is 12.2 Å². The monoisotopic (exact) mass is 359 g/mol. The minimum atomic E-state index is -0.0568. The van der Waals surface area contributed by atoms with Gasteiger partial charge in [-0.1, -0.05) is 35.6 Å². The number of benzene rings is 1. The van der Waals surface area contributed by atoms with Gasteiger partial charge in [0.2, 0.25) is 0 Å². The Morgan fingerprint density at radius 2 is 2.12 bits per heavy atom. The summed E-state index contributed by atoms with van der Waals surface area (Å²) < 4.78 is 10.3. The number of allylic oxidation sites excluding steroid dienone is 1. The Kier molecular flexibility index (Phi) is 5.22. The van der Waals surface area contributed by atoms with Gasteiger partial charge in [-0.3, -0.25) is 9.36 Å². The van der Waals surface area contributed by atoms with Crippen molar-refractivity contribution in [1.29, 1.82) is 0 Å². The van der Waals surface area contributed by atoms with Crippen LogP contribution >= 0.6 is 23.6 Å². The maximum Gasteiger partial charge on any atom is 0.272 e. The lowest BCUT2D eigenvalue weighted by Gasteiger charge is -2.07. The summed E-state index contributed by atoms with van der Waals surface area (Å²) in [7, 11) is 0. The highest BCUT2D eigenvalue weighted by molar-refractivity contribution is 7.73. The summed E-state index contributed by atoms with van der Waals surface area (Å²) in [5.74, 6) is 0.831. The summed E-state index contributed by atoms with van der Waals surface area (Å²) >= 11 is 6.61. The highest BCUT2D eigenvalue weighted by Gasteiger charge is 2.11. The van der Waals surface area contributed by atoms with E-state index in [0.29, 0.717) is 34.0 Å². The van der Waals surface area contributed by atoms with Crippen LogP contribution in [0.3, 0.4) is 0 Å². The maximum atomic E-state index is 12.6. The Labute approximate surface area is 148 Å². The normalized spacial score (nSPS) is 10.8. The molecule has 0 aliphatic rings. The van der Waals surface area contributed by atoms with Gasteiger partial charge in [0.1, 0.15) is 10.4 Å². The van der Waals surface area contributed by atoms with E-state index >= 15 is 0 Å². The average molecular weight is 359 g/mol. The highest BCUT2D eigenvalue weighted by Crippen LogP contribution is 2.17. The molecule has 0 bridgehead atoms. The summed E-state index contributed by atoms with van der Waals surface area (Å²) in [6.07, 6.45) is 4.05. The van der Waals surface area contributed by atoms with Gasteiger partial charge in [-0.25, -0.2) is 4.98 Å². The van der Waals surface area contributed by atoms with Crippen LogP contribution in [0.4, 0.5) is 0 Å². The Bertz CT molecular complexity index is 957. The predicted octanol–water partition coefficient (Wildman–Crippen LogP) is 3.64. The number of thiazole rings is 1. The fraction of sp³-hybridized carbons (Fsp3) is 0.235. The highest BCUT2D eigenvalue weighted by atomic mass is 32.1. The SMILES string of the molecule is C=CCn1c(=S)sc2c(=O)n(CCCOc3ccccc3)cnc21. The topological polar surface area (TPSA) is 49.0 Å². The van der Waals surface area contributed by atoms with Gasteiger partial charge in [-0.2, -0.15) is 0 Å². The van der Waals surface area contributed by atoms with Crippen molar-refractivity contribution in [2.24, 2.45) is 0 Å². The van der Waals surface area contributed by atoms with E-state index in [9.17, 15) is 4.79 Å². The fourth-order valence-corrected chi connectivity index (χ4v) is 3.68. The van der Waals surface area contributed by atoms with Crippen molar-refractivity contribution >= 4 is 33.9 Å². The van der Waals surface area contributed by atoms with Gasteiger partial charge >= 0.3 is 0 Å². The molecule has 0 atom stereocenters. The number of nitrogens with zero attached hydrogens (tertiary/aromatic N) is 3. The van der Waals surface area contributed by atoms with Crippen LogP contribution in [-0.4, -0.2) is 20.7 Å². The van der Waals surface area contributed by atoms with Crippen LogP contribution in [0.15, 0.2) is 54.1 Å². The van der Waals surface area contributed by atoms with Gasteiger partial charge in [0.25, 0.3) is 5.56 Å². The van der Waals surface area contributed by atoms with Crippen molar-refractivity contribution in [3.8, 4) is 5.75 Å². The van der Waals surface area contributed by atoms with E-state index < -0.39 is 0 Å². The summed E-state index contributed by atoms with van der Waals surface area (Å²) in [6.45, 7) is 5.37. The molecule has 0 saturated heterocycles. The smallest absolute Gasteiger partial charge is 0.272 e. The molecule has 2 aromatic heterocycles. The average Bonchev–Trinajstić information content (AvgIpc) is 2.92. The molecule has 0 unspecified atom stereocenters. The number of aromatic nitrogens is 3. The molecule has 0 spiro atoms. The summed E-state index contributed by atoms with van der Waals surface area (Å²) in [5.41, 5.74) is 0.574. The molecule has 124 valence electrons. The van der Waals surface area contributed by atoms with Crippen LogP contribution < -0.4 is 10.3 Å². The van der Waals surface area contributed by atoms with Gasteiger partial charge in [-0.05, 0) is 30.8 Å². The number of para-hydroxylation sites is 1. The number of rotatable bonds is 7. The first-order chi connectivity index (χ1) is 11.7. The van der Waals surface area contributed by atoms with Crippen molar-refractivity contribution in [3.05, 3.63) is 63.6 Å². The second-order valence-electron chi connectivity index (χ2n) is 5.18. The first-order valence-corrected chi connectivity index (χ1v) is 8.80. The molecule has 0 fully saturated rings. The molecule has 0 aliphatic heterocycles. The van der Waals surface area contributed by atoms with E-state index in [1.165, 1.54) is 11.3 Å². The van der Waals surface area contributed by atoms with Crippen molar-refractivity contribution < 1.29 is 4.74 Å². The maximum absolute atomic E-state index is 12.6.